The van der Waals surface area contributed by atoms with Crippen LogP contribution in [0.3, 0.4) is 0 Å². The Balaban J connectivity index is 0.000000188. The van der Waals surface area contributed by atoms with Gasteiger partial charge >= 0.3 is 5.97 Å². The summed E-state index contributed by atoms with van der Waals surface area (Å²) in [5, 5.41) is 25.3. The van der Waals surface area contributed by atoms with Gasteiger partial charge in [-0.05, 0) is 29.3 Å². The van der Waals surface area contributed by atoms with Crippen molar-refractivity contribution < 1.29 is 41.3 Å². The van der Waals surface area contributed by atoms with E-state index in [1.165, 1.54) is 5.06 Å². The molecule has 4 aliphatic rings. The second-order valence-corrected chi connectivity index (χ2v) is 13.1. The number of piperidine rings is 3. The van der Waals surface area contributed by atoms with Gasteiger partial charge in [-0.15, -0.1) is 0 Å². The number of quaternary nitrogens is 1. The molecule has 4 aromatic carbocycles. The van der Waals surface area contributed by atoms with Gasteiger partial charge in [0.2, 0.25) is 5.60 Å². The van der Waals surface area contributed by atoms with Crippen molar-refractivity contribution >= 4 is 29.1 Å². The number of nitrogens with zero attached hydrogens (tertiary/aromatic N) is 4. The lowest BCUT2D eigenvalue weighted by Gasteiger charge is -2.50. The highest BCUT2D eigenvalue weighted by molar-refractivity contribution is 6.30. The number of aliphatic imine (C=N–C) groups is 1. The third-order valence-electron chi connectivity index (χ3n) is 9.48. The van der Waals surface area contributed by atoms with E-state index in [2.05, 4.69) is 17.0 Å². The van der Waals surface area contributed by atoms with Crippen LogP contribution in [-0.4, -0.2) is 78.0 Å². The van der Waals surface area contributed by atoms with Crippen LogP contribution in [0.5, 0.6) is 0 Å². The van der Waals surface area contributed by atoms with E-state index in [1.807, 2.05) is 78.9 Å². The van der Waals surface area contributed by atoms with Crippen LogP contribution in [0, 0.1) is 5.92 Å². The first kappa shape index (κ1) is 35.4. The van der Waals surface area contributed by atoms with Crippen LogP contribution in [0.25, 0.3) is 5.70 Å². The minimum absolute atomic E-state index is 0. The molecular weight excluding hydrogens is 692 g/mol. The summed E-state index contributed by atoms with van der Waals surface area (Å²) in [6.45, 7) is 3.38. The number of hydrogen-bond donors (Lipinski definition) is 2. The summed E-state index contributed by atoms with van der Waals surface area (Å²) >= 11 is 6.12. The monoisotopic (exact) mass is 730 g/mol. The second-order valence-electron chi connectivity index (χ2n) is 12.7. The van der Waals surface area contributed by atoms with Crippen LogP contribution >= 0.6 is 11.6 Å². The van der Waals surface area contributed by atoms with Crippen molar-refractivity contribution in [1.29, 1.82) is 0 Å². The molecule has 4 heterocycles. The van der Waals surface area contributed by atoms with Crippen LogP contribution in [0.2, 0.25) is 5.02 Å². The molecule has 0 spiro atoms. The number of fused-ring (bicyclic) bond motifs is 4. The Morgan fingerprint density at radius 1 is 0.938 bits per heavy atom. The van der Waals surface area contributed by atoms with E-state index in [4.69, 9.17) is 16.3 Å². The standard InChI is InChI=1S/C22H26NO3.C16H14ClN3O.BrH/c1-23-14-12-17(13-15-23)20(16-23)26-21(24)22(25,18-8-4-2-5-9-18)19-10-6-3-7-11-19;1-18-15-10-20(21)16(11-5-3-2-4-6-11)13-9-12(17)7-8-14(13)19-15;/h2-11,17,20,25H,12-16H2,1H3;2-9,21H,10H2,1H3;1H/q+1;;/p-1. The largest absolute Gasteiger partial charge is 1.00 e. The lowest BCUT2D eigenvalue weighted by atomic mass is 9.83. The SMILES string of the molecule is CN=C1CN(O)C(c2ccccc2)=c2cc(Cl)ccc2=N1.C[N+]12CCC(CC1)C(OC(=O)C(O)(c1ccccc1)c1ccccc1)C2.[Br-]. The Labute approximate surface area is 296 Å². The maximum absolute atomic E-state index is 13.2. The van der Waals surface area contributed by atoms with E-state index in [0.717, 1.165) is 53.1 Å². The molecule has 2 N–H and O–H groups in total. The molecule has 2 bridgehead atoms. The highest BCUT2D eigenvalue weighted by Gasteiger charge is 2.49. The van der Waals surface area contributed by atoms with Crippen molar-refractivity contribution in [2.75, 3.05) is 40.3 Å². The van der Waals surface area contributed by atoms with E-state index < -0.39 is 11.6 Å². The molecule has 4 aliphatic heterocycles. The molecule has 3 fully saturated rings. The van der Waals surface area contributed by atoms with Crippen molar-refractivity contribution in [2.45, 2.75) is 24.5 Å². The zero-order chi connectivity index (χ0) is 33.0. The third kappa shape index (κ3) is 7.41. The van der Waals surface area contributed by atoms with Gasteiger partial charge in [0.05, 0.1) is 31.2 Å². The van der Waals surface area contributed by atoms with Gasteiger partial charge in [0.25, 0.3) is 0 Å². The summed E-state index contributed by atoms with van der Waals surface area (Å²) in [5.74, 6) is 0.405. The number of carbonyl (C=O) groups excluding carboxylic acids is 1. The topological polar surface area (TPSA) is 94.7 Å². The summed E-state index contributed by atoms with van der Waals surface area (Å²) in [7, 11) is 3.90. The van der Waals surface area contributed by atoms with E-state index >= 15 is 0 Å². The van der Waals surface area contributed by atoms with Gasteiger partial charge < -0.3 is 31.3 Å². The molecule has 1 unspecified atom stereocenters. The molecule has 1 atom stereocenters. The second kappa shape index (κ2) is 15.1. The highest BCUT2D eigenvalue weighted by atomic mass is 79.9. The molecule has 8 rings (SSSR count). The smallest absolute Gasteiger partial charge is 0.348 e. The first-order valence-electron chi connectivity index (χ1n) is 15.9. The molecule has 250 valence electrons. The molecule has 0 aromatic heterocycles. The van der Waals surface area contributed by atoms with E-state index in [-0.39, 0.29) is 29.6 Å². The van der Waals surface area contributed by atoms with Crippen molar-refractivity contribution in [2.24, 2.45) is 15.9 Å². The normalized spacial score (nSPS) is 22.3. The average molecular weight is 732 g/mol. The first-order chi connectivity index (χ1) is 22.7. The fourth-order valence-corrected chi connectivity index (χ4v) is 6.98. The van der Waals surface area contributed by atoms with Gasteiger partial charge in [0, 0.05) is 41.6 Å². The fourth-order valence-electron chi connectivity index (χ4n) is 6.81. The molecule has 0 amide bonds. The van der Waals surface area contributed by atoms with Crippen LogP contribution in [0.1, 0.15) is 29.5 Å². The van der Waals surface area contributed by atoms with Crippen LogP contribution < -0.4 is 27.6 Å². The Morgan fingerprint density at radius 2 is 1.50 bits per heavy atom. The van der Waals surface area contributed by atoms with Crippen LogP contribution in [-0.2, 0) is 15.1 Å². The number of amidine groups is 1. The molecule has 8 nitrogen and oxygen atoms in total. The van der Waals surface area contributed by atoms with Crippen LogP contribution in [0.15, 0.2) is 119 Å². The molecular formula is C38H40BrClN4O4. The molecule has 0 radical (unpaired) electrons. The van der Waals surface area contributed by atoms with Crippen molar-refractivity contribution in [3.8, 4) is 0 Å². The number of carbonyl (C=O) groups is 1. The summed E-state index contributed by atoms with van der Waals surface area (Å²) in [4.78, 5) is 21.8. The lowest BCUT2D eigenvalue weighted by molar-refractivity contribution is -0.928. The Hall–Kier alpha value is -3.86. The van der Waals surface area contributed by atoms with Gasteiger partial charge in [-0.3, -0.25) is 10.2 Å². The van der Waals surface area contributed by atoms with E-state index in [9.17, 15) is 15.1 Å². The molecule has 0 saturated carbocycles. The van der Waals surface area contributed by atoms with Crippen molar-refractivity contribution in [3.05, 3.63) is 141 Å². The number of likely N-dealkylation sites (N-methyl/N-ethyl adjacent to an activating group) is 1. The Bertz CT molecular complexity index is 1830. The maximum Gasteiger partial charge on any atom is 0.348 e. The summed E-state index contributed by atoms with van der Waals surface area (Å²) in [6.07, 6.45) is 2.06. The summed E-state index contributed by atoms with van der Waals surface area (Å²) in [5.41, 5.74) is 0.870. The number of aliphatic hydroxyl groups is 1. The van der Waals surface area contributed by atoms with E-state index in [1.54, 1.807) is 37.4 Å². The third-order valence-corrected chi connectivity index (χ3v) is 9.72. The predicted octanol–water partition coefficient (Wildman–Crippen LogP) is 1.56. The van der Waals surface area contributed by atoms with Gasteiger partial charge in [0.1, 0.15) is 18.9 Å². The number of hydroxylamine groups is 2. The van der Waals surface area contributed by atoms with Gasteiger partial charge in [-0.1, -0.05) is 103 Å². The molecule has 10 heteroatoms. The fraction of sp³-hybridized carbons (Fsp3) is 0.289. The average Bonchev–Trinajstić information content (AvgIpc) is 3.24. The zero-order valence-electron chi connectivity index (χ0n) is 27.0. The highest BCUT2D eigenvalue weighted by Crippen LogP contribution is 2.37. The van der Waals surface area contributed by atoms with Crippen molar-refractivity contribution in [3.63, 3.8) is 0 Å². The maximum atomic E-state index is 13.2. The minimum Gasteiger partial charge on any atom is -1.00 e. The number of hydrogen-bond acceptors (Lipinski definition) is 6. The lowest BCUT2D eigenvalue weighted by Crippen LogP contribution is -3.00. The quantitative estimate of drug-likeness (QED) is 0.240. The Kier molecular flexibility index (Phi) is 11.2. The van der Waals surface area contributed by atoms with Crippen molar-refractivity contribution in [1.82, 2.24) is 5.06 Å². The summed E-state index contributed by atoms with van der Waals surface area (Å²) in [6, 6.07) is 33.3. The molecule has 4 aromatic rings. The Morgan fingerprint density at radius 3 is 2.04 bits per heavy atom. The number of esters is 1. The minimum atomic E-state index is -1.78. The number of rotatable bonds is 5. The molecule has 48 heavy (non-hydrogen) atoms. The van der Waals surface area contributed by atoms with Gasteiger partial charge in [-0.2, -0.15) is 0 Å². The number of ether oxygens (including phenoxy) is 1. The first-order valence-corrected chi connectivity index (χ1v) is 16.3. The van der Waals surface area contributed by atoms with Crippen LogP contribution in [0.4, 0.5) is 0 Å². The number of halogens is 2. The predicted molar refractivity (Wildman–Crippen MR) is 182 cm³/mol. The summed E-state index contributed by atoms with van der Waals surface area (Å²) < 4.78 is 6.92. The van der Waals surface area contributed by atoms with E-state index in [0.29, 0.717) is 33.6 Å². The van der Waals surface area contributed by atoms with Gasteiger partial charge in [-0.25, -0.2) is 14.9 Å². The molecule has 0 aliphatic carbocycles. The number of benzene rings is 4. The molecule has 3 saturated heterocycles. The van der Waals surface area contributed by atoms with Gasteiger partial charge in [0.15, 0.2) is 6.10 Å². The zero-order valence-corrected chi connectivity index (χ0v) is 29.4.